The van der Waals surface area contributed by atoms with Crippen LogP contribution in [0.4, 0.5) is 0 Å². The number of carbonyl (C=O) groups is 2. The van der Waals surface area contributed by atoms with Gasteiger partial charge in [-0.3, -0.25) is 4.79 Å². The number of amides is 1. The van der Waals surface area contributed by atoms with Crippen molar-refractivity contribution in [3.05, 3.63) is 35.9 Å². The van der Waals surface area contributed by atoms with E-state index < -0.39 is 24.3 Å². The second-order valence-electron chi connectivity index (χ2n) is 3.46. The Morgan fingerprint density at radius 2 is 2.00 bits per heavy atom. The molecule has 0 fully saturated rings. The Hall–Kier alpha value is -1.84. The number of carboxylic acid groups (broad SMARTS) is 1. The smallest absolute Gasteiger partial charge is 0.328 e. The minimum Gasteiger partial charge on any atom is -0.480 e. The van der Waals surface area contributed by atoms with Crippen molar-refractivity contribution >= 4 is 11.9 Å². The summed E-state index contributed by atoms with van der Waals surface area (Å²) in [5, 5.41) is 11.2. The van der Waals surface area contributed by atoms with Crippen molar-refractivity contribution in [3.63, 3.8) is 0 Å². The zero-order valence-electron chi connectivity index (χ0n) is 9.36. The van der Waals surface area contributed by atoms with Crippen LogP contribution in [0.15, 0.2) is 30.3 Å². The first-order chi connectivity index (χ1) is 7.49. The lowest BCUT2D eigenvalue weighted by molar-refractivity contribution is -0.143. The van der Waals surface area contributed by atoms with Gasteiger partial charge in [0.15, 0.2) is 0 Å². The molecular weight excluding hydrogens is 194 g/mol. The summed E-state index contributed by atoms with van der Waals surface area (Å²) in [6.07, 6.45) is 0. The number of benzene rings is 1. The van der Waals surface area contributed by atoms with Gasteiger partial charge in [-0.25, -0.2) is 4.79 Å². The van der Waals surface area contributed by atoms with Gasteiger partial charge in [0.1, 0.15) is 5.54 Å². The van der Waals surface area contributed by atoms with E-state index >= 15 is 0 Å². The van der Waals surface area contributed by atoms with E-state index in [-0.39, 0.29) is 0 Å². The molecule has 15 heavy (non-hydrogen) atoms. The fraction of sp³-hybridized carbons (Fsp3) is 0.273. The zero-order chi connectivity index (χ0) is 12.2. The third kappa shape index (κ3) is 2.80. The van der Waals surface area contributed by atoms with E-state index in [1.807, 2.05) is 0 Å². The van der Waals surface area contributed by atoms with Gasteiger partial charge in [-0.15, -0.1) is 0 Å². The van der Waals surface area contributed by atoms with Crippen LogP contribution in [0.5, 0.6) is 0 Å². The van der Waals surface area contributed by atoms with Crippen LogP contribution in [0.25, 0.3) is 0 Å². The molecule has 0 radical (unpaired) electrons. The van der Waals surface area contributed by atoms with E-state index in [4.69, 9.17) is 6.48 Å². The lowest BCUT2D eigenvalue weighted by Crippen LogP contribution is -2.49. The first-order valence-corrected chi connectivity index (χ1v) is 4.40. The predicted molar refractivity (Wildman–Crippen MR) is 55.6 cm³/mol. The van der Waals surface area contributed by atoms with Gasteiger partial charge in [-0.05, 0) is 26.0 Å². The SMILES string of the molecule is [2H]C[C@](C)(NC(=O)c1ccccc1)C(=O)O. The Morgan fingerprint density at radius 1 is 1.40 bits per heavy atom. The third-order valence-corrected chi connectivity index (χ3v) is 1.90. The van der Waals surface area contributed by atoms with Crippen LogP contribution in [-0.2, 0) is 4.79 Å². The van der Waals surface area contributed by atoms with Crippen molar-refractivity contribution in [1.29, 1.82) is 0 Å². The minimum absolute atomic E-state index is 0.378. The van der Waals surface area contributed by atoms with E-state index in [0.29, 0.717) is 5.56 Å². The highest BCUT2D eigenvalue weighted by molar-refractivity contribution is 5.97. The maximum Gasteiger partial charge on any atom is 0.328 e. The molecule has 2 N–H and O–H groups in total. The van der Waals surface area contributed by atoms with E-state index in [9.17, 15) is 9.59 Å². The van der Waals surface area contributed by atoms with Crippen molar-refractivity contribution in [1.82, 2.24) is 5.32 Å². The van der Waals surface area contributed by atoms with Gasteiger partial charge >= 0.3 is 5.97 Å². The standard InChI is InChI=1S/C11H13NO3/c1-11(2,10(14)15)12-9(13)8-6-4-3-5-7-8/h3-7H,1-2H3,(H,12,13)(H,14,15)/i1D/t11-/m1/s1. The summed E-state index contributed by atoms with van der Waals surface area (Å²) in [5.41, 5.74) is -1.17. The van der Waals surface area contributed by atoms with Crippen molar-refractivity contribution in [3.8, 4) is 0 Å². The fourth-order valence-electron chi connectivity index (χ4n) is 0.966. The average Bonchev–Trinajstić information content (AvgIpc) is 2.29. The molecule has 1 atom stereocenters. The summed E-state index contributed by atoms with van der Waals surface area (Å²) in [6, 6.07) is 8.31. The molecule has 80 valence electrons. The van der Waals surface area contributed by atoms with Gasteiger partial charge in [0, 0.05) is 6.93 Å². The number of hydrogen-bond donors (Lipinski definition) is 2. The lowest BCUT2D eigenvalue weighted by atomic mass is 10.1. The fourth-order valence-corrected chi connectivity index (χ4v) is 0.966. The van der Waals surface area contributed by atoms with Crippen LogP contribution in [0, 0.1) is 0 Å². The topological polar surface area (TPSA) is 66.4 Å². The number of aliphatic carboxylic acids is 1. The van der Waals surface area contributed by atoms with Gasteiger partial charge < -0.3 is 10.4 Å². The molecule has 4 heteroatoms. The van der Waals surface area contributed by atoms with Crippen LogP contribution in [0.1, 0.15) is 25.6 Å². The van der Waals surface area contributed by atoms with E-state index in [2.05, 4.69) is 5.32 Å². The highest BCUT2D eigenvalue weighted by atomic mass is 16.4. The number of rotatable bonds is 3. The van der Waals surface area contributed by atoms with Crippen LogP contribution in [-0.4, -0.2) is 22.5 Å². The minimum atomic E-state index is -1.55. The molecule has 0 heterocycles. The lowest BCUT2D eigenvalue weighted by Gasteiger charge is -2.20. The van der Waals surface area contributed by atoms with Crippen LogP contribution >= 0.6 is 0 Å². The number of hydrogen-bond acceptors (Lipinski definition) is 2. The molecule has 0 saturated heterocycles. The molecule has 0 aromatic heterocycles. The van der Waals surface area contributed by atoms with Gasteiger partial charge in [-0.2, -0.15) is 0 Å². The molecule has 0 saturated carbocycles. The van der Waals surface area contributed by atoms with E-state index in [1.165, 1.54) is 6.92 Å². The Labute approximate surface area is 89.3 Å². The molecule has 4 nitrogen and oxygen atoms in total. The summed E-state index contributed by atoms with van der Waals surface area (Å²) in [5.74, 6) is -1.70. The Kier molecular flexibility index (Phi) is 2.67. The highest BCUT2D eigenvalue weighted by Crippen LogP contribution is 2.05. The zero-order valence-corrected chi connectivity index (χ0v) is 8.36. The molecule has 1 aromatic rings. The molecule has 0 spiro atoms. The first kappa shape index (κ1) is 9.71. The number of carboxylic acids is 1. The summed E-state index contributed by atoms with van der Waals surface area (Å²) in [4.78, 5) is 22.6. The Morgan fingerprint density at radius 3 is 2.47 bits per heavy atom. The summed E-state index contributed by atoms with van der Waals surface area (Å²) in [7, 11) is 0. The van der Waals surface area contributed by atoms with Crippen molar-refractivity contribution in [2.24, 2.45) is 0 Å². The predicted octanol–water partition coefficient (Wildman–Crippen LogP) is 1.28. The summed E-state index contributed by atoms with van der Waals surface area (Å²) in [6.45, 7) is 0.893. The van der Waals surface area contributed by atoms with Crippen molar-refractivity contribution < 1.29 is 16.1 Å². The van der Waals surface area contributed by atoms with Crippen molar-refractivity contribution in [2.45, 2.75) is 19.4 Å². The first-order valence-electron chi connectivity index (χ1n) is 5.10. The molecular formula is C11H13NO3. The van der Waals surface area contributed by atoms with Gasteiger partial charge in [-0.1, -0.05) is 18.2 Å². The third-order valence-electron chi connectivity index (χ3n) is 1.90. The molecule has 1 rings (SSSR count). The summed E-state index contributed by atoms with van der Waals surface area (Å²) < 4.78 is 7.15. The number of carbonyl (C=O) groups excluding carboxylic acids is 1. The molecule has 0 aliphatic heterocycles. The van der Waals surface area contributed by atoms with Crippen LogP contribution in [0.3, 0.4) is 0 Å². The van der Waals surface area contributed by atoms with Crippen LogP contribution in [0.2, 0.25) is 0 Å². The molecule has 1 amide bonds. The molecule has 0 unspecified atom stereocenters. The van der Waals surface area contributed by atoms with E-state index in [0.717, 1.165) is 0 Å². The highest BCUT2D eigenvalue weighted by Gasteiger charge is 2.29. The van der Waals surface area contributed by atoms with E-state index in [1.54, 1.807) is 30.3 Å². The van der Waals surface area contributed by atoms with Crippen LogP contribution < -0.4 is 5.32 Å². The largest absolute Gasteiger partial charge is 0.480 e. The van der Waals surface area contributed by atoms with Crippen molar-refractivity contribution in [2.75, 3.05) is 0 Å². The Bertz CT molecular complexity index is 393. The monoisotopic (exact) mass is 208 g/mol. The van der Waals surface area contributed by atoms with Gasteiger partial charge in [0.25, 0.3) is 5.91 Å². The number of nitrogens with one attached hydrogen (secondary N) is 1. The molecule has 0 aliphatic rings. The summed E-state index contributed by atoms with van der Waals surface area (Å²) >= 11 is 0. The quantitative estimate of drug-likeness (QED) is 0.786. The second-order valence-corrected chi connectivity index (χ2v) is 3.46. The molecule has 1 aromatic carbocycles. The average molecular weight is 208 g/mol. The maximum atomic E-state index is 11.7. The second kappa shape index (κ2) is 4.13. The normalized spacial score (nSPS) is 14.9. The molecule has 0 bridgehead atoms. The maximum absolute atomic E-state index is 11.7. The Balaban J connectivity index is 2.82. The molecule has 0 aliphatic carbocycles. The van der Waals surface area contributed by atoms with Gasteiger partial charge in [0.05, 0.1) is 0 Å². The van der Waals surface area contributed by atoms with Gasteiger partial charge in [0.2, 0.25) is 0 Å².